The number of ketones is 4. The number of aliphatic carboxylic acids is 2. The molecule has 0 saturated carbocycles. The lowest BCUT2D eigenvalue weighted by Gasteiger charge is -2.28. The molecule has 47 nitrogen and oxygen atoms in total. The van der Waals surface area contributed by atoms with Crippen molar-refractivity contribution in [2.45, 2.75) is 146 Å². The van der Waals surface area contributed by atoms with Crippen LogP contribution in [0, 0.1) is 0 Å². The van der Waals surface area contributed by atoms with Gasteiger partial charge in [0.15, 0.2) is 66.5 Å². The number of hydrogen-bond acceptors (Lipinski definition) is 42. The molecule has 0 bridgehead atoms. The summed E-state index contributed by atoms with van der Waals surface area (Å²) < 4.78 is 21.7. The largest absolute Gasteiger partial charge is 0.535 e. The number of nitrogens with zero attached hydrogens (tertiary/aromatic N) is 8. The minimum absolute atomic E-state index is 0.0241. The third kappa shape index (κ3) is 26.0. The molecule has 0 spiro atoms. The second kappa shape index (κ2) is 44.3. The first kappa shape index (κ1) is 101. The number of carboxylic acid groups (broad SMARTS) is 6. The number of nitrogens with one attached hydrogen (secondary N) is 1. The van der Waals surface area contributed by atoms with Crippen molar-refractivity contribution >= 4 is 194 Å². The van der Waals surface area contributed by atoms with Crippen LogP contribution in [0.15, 0.2) is 115 Å². The molecule has 4 aromatic heterocycles. The molecule has 7 atom stereocenters. The van der Waals surface area contributed by atoms with Crippen molar-refractivity contribution < 1.29 is 156 Å². The monoisotopic (exact) mass is 1900 g/mol. The SMILES string of the molecule is CC(C)(O/N=C(\C(=O)C[C@H]1Cc2cccc(C(=O)O)c2OB1O)c1csc(N)n1)C(=O)N[C@@H](CO)C(=O)O.CC(C)(O/N=C(\C(=O)C[C@H]1Cc2cccc(C(=O)O)c2OB1O)c1csc(N)n1)C(N)=O.CC(O/N=C(\C(=O)C[C@H]1Cc2cccc(C(=O)O)c2OB1O)c1csc(N)n1)C(=O)O.CC(O/N=C(\C(=O)C[C@H]1Cc2cccc(C(=O)O)c2OB1O)c1csc(N)n1)C(N)=O. The van der Waals surface area contributed by atoms with Gasteiger partial charge in [-0.15, -0.1) is 45.3 Å². The molecule has 4 aromatic carbocycles. The summed E-state index contributed by atoms with van der Waals surface area (Å²) in [5.41, 5.74) is 31.1. The number of aliphatic hydroxyl groups excluding tert-OH is 1. The van der Waals surface area contributed by atoms with Gasteiger partial charge in [0.05, 0.1) is 28.9 Å². The lowest BCUT2D eigenvalue weighted by Crippen LogP contribution is -2.51. The van der Waals surface area contributed by atoms with Crippen LogP contribution in [-0.2, 0) is 88.2 Å². The molecule has 4 aliphatic heterocycles. The summed E-state index contributed by atoms with van der Waals surface area (Å²) in [5.74, 6) is -14.9. The maximum atomic E-state index is 13.3. The molecule has 3 amide bonds. The first-order chi connectivity index (χ1) is 62.2. The van der Waals surface area contributed by atoms with E-state index in [1.165, 1.54) is 93.4 Å². The minimum Gasteiger partial charge on any atom is -0.535 e. The highest BCUT2D eigenvalue weighted by Gasteiger charge is 2.45. The third-order valence-corrected chi connectivity index (χ3v) is 22.4. The van der Waals surface area contributed by atoms with Gasteiger partial charge in [0, 0.05) is 70.5 Å². The van der Waals surface area contributed by atoms with Crippen molar-refractivity contribution in [3.8, 4) is 23.0 Å². The van der Waals surface area contributed by atoms with Crippen LogP contribution in [0.5, 0.6) is 23.0 Å². The molecule has 24 N–H and O–H groups in total. The maximum absolute atomic E-state index is 13.3. The average Bonchev–Trinajstić information content (AvgIpc) is 1.06. The lowest BCUT2D eigenvalue weighted by atomic mass is 9.64. The number of nitrogen functional groups attached to an aromatic ring is 4. The molecule has 4 aliphatic rings. The van der Waals surface area contributed by atoms with Crippen LogP contribution in [0.3, 0.4) is 0 Å². The van der Waals surface area contributed by atoms with Gasteiger partial charge in [0.25, 0.3) is 17.7 Å². The fraction of sp³-hybridized carbons (Fsp3) is 0.312. The van der Waals surface area contributed by atoms with Crippen LogP contribution >= 0.6 is 45.3 Å². The van der Waals surface area contributed by atoms with Crippen molar-refractivity contribution in [1.29, 1.82) is 0 Å². The lowest BCUT2D eigenvalue weighted by molar-refractivity contribution is -0.150. The Hall–Kier alpha value is -14.4. The fourth-order valence-corrected chi connectivity index (χ4v) is 14.7. The van der Waals surface area contributed by atoms with E-state index in [9.17, 15) is 103 Å². The number of amides is 3. The second-order valence-electron chi connectivity index (χ2n) is 30.2. The smallest absolute Gasteiger partial charge is 0.526 e. The number of thiazole rings is 4. The van der Waals surface area contributed by atoms with Crippen molar-refractivity contribution in [3.05, 3.63) is 162 Å². The van der Waals surface area contributed by atoms with Crippen LogP contribution in [0.25, 0.3) is 0 Å². The minimum atomic E-state index is -1.77. The number of carbonyl (C=O) groups is 13. The van der Waals surface area contributed by atoms with E-state index >= 15 is 0 Å². The summed E-state index contributed by atoms with van der Waals surface area (Å²) in [7, 11) is -5.76. The Labute approximate surface area is 763 Å². The standard InChI is InChI=1S/C22H25BN4O10S.C19H21BN4O7S.C18H19BN4O7S.C18H18BN3O8S/c1-22(2,20(34)25-13(8-28)19(32)33)37-27-16(14-9-38-21(24)26-14)15(29)7-11-6-10-4-3-5-12(18(30)31)17(10)36-23(11)35;1-19(2,17(21)28)31-24-14(12-8-32-18(22)23-12)13(25)7-10-6-9-4-3-5-11(16(26)27)15(9)30-20(10)29;1-8(16(20)25)30-23-14(12-7-31-18(21)22-12)13(24)6-10-5-9-3-2-4-11(17(26)27)15(9)29-19(10)28;1-8(16(24)25)30-22-14(12-7-31-18(20)21-12)13(23)6-10-5-9-3-2-4-11(17(26)27)15(9)29-19(10)28/h3-5,9,11,13,28,35H,6-8H2,1-2H3,(H2,24,26)(H,25,34)(H,30,31)(H,32,33);3-5,8,10,29H,6-7H2,1-2H3,(H2,21,28)(H2,22,23)(H,26,27);2-4,7-8,10,28H,5-6H2,1H3,(H2,20,25)(H2,21,22)(H,26,27);2-4,7-8,10,28H,5-6H2,1H3,(H2,20,21)(H,24,25)(H,26,27)/b27-16-;24-14-;23-14-;22-14-/t11-,13+;10-;2*8?,10-/m1111/s1. The zero-order valence-electron chi connectivity index (χ0n) is 70.1. The number of hydrogen-bond donors (Lipinski definition) is 18. The van der Waals surface area contributed by atoms with Gasteiger partial charge in [0.1, 0.15) is 51.8 Å². The van der Waals surface area contributed by atoms with Crippen molar-refractivity contribution in [1.82, 2.24) is 25.3 Å². The van der Waals surface area contributed by atoms with Crippen LogP contribution in [0.4, 0.5) is 20.5 Å². The number of Topliss-reactive ketones (excluding diaryl/α,β-unsaturated/α-hetero) is 4. The molecule has 132 heavy (non-hydrogen) atoms. The molecule has 2 unspecified atom stereocenters. The van der Waals surface area contributed by atoms with Crippen LogP contribution in [0.1, 0.15) is 154 Å². The normalized spacial score (nSPS) is 16.4. The van der Waals surface area contributed by atoms with Gasteiger partial charge in [0.2, 0.25) is 23.4 Å². The number of benzene rings is 4. The predicted molar refractivity (Wildman–Crippen MR) is 473 cm³/mol. The molecule has 694 valence electrons. The summed E-state index contributed by atoms with van der Waals surface area (Å²) in [5, 5.41) is 130. The number of rotatable bonds is 35. The number of aromatic carboxylic acids is 4. The van der Waals surface area contributed by atoms with Gasteiger partial charge < -0.3 is 134 Å². The highest BCUT2D eigenvalue weighted by atomic mass is 32.1. The number of nitrogens with two attached hydrogens (primary N) is 6. The number of oxime groups is 4. The molecule has 0 radical (unpaired) electrons. The van der Waals surface area contributed by atoms with E-state index in [-0.39, 0.29) is 163 Å². The Morgan fingerprint density at radius 1 is 0.432 bits per heavy atom. The second-order valence-corrected chi connectivity index (χ2v) is 33.7. The average molecular weight is 1900 g/mol. The van der Waals surface area contributed by atoms with E-state index in [2.05, 4.69) is 45.9 Å². The molecule has 8 heterocycles. The molecule has 12 rings (SSSR count). The fourth-order valence-electron chi connectivity index (χ4n) is 12.5. The van der Waals surface area contributed by atoms with E-state index in [1.807, 2.05) is 0 Å². The van der Waals surface area contributed by atoms with Gasteiger partial charge >= 0.3 is 64.3 Å². The molecule has 55 heteroatoms. The zero-order chi connectivity index (χ0) is 97.2. The highest BCUT2D eigenvalue weighted by molar-refractivity contribution is 7.14. The number of carboxylic acids is 6. The van der Waals surface area contributed by atoms with Gasteiger partial charge in [-0.1, -0.05) is 69.2 Å². The number of aromatic nitrogens is 4. The number of carbonyl (C=O) groups excluding carboxylic acids is 7. The summed E-state index contributed by atoms with van der Waals surface area (Å²) in [6.07, 6.45) is -2.64. The van der Waals surface area contributed by atoms with Crippen molar-refractivity contribution in [2.24, 2.45) is 32.1 Å². The Balaban J connectivity index is 0.000000199. The number of fused-ring (bicyclic) bond motifs is 4. The van der Waals surface area contributed by atoms with Gasteiger partial charge in [-0.3, -0.25) is 33.6 Å². The Kier molecular flexibility index (Phi) is 34.0. The quantitative estimate of drug-likeness (QED) is 0.0154. The summed E-state index contributed by atoms with van der Waals surface area (Å²) in [4.78, 5) is 192. The van der Waals surface area contributed by atoms with Crippen molar-refractivity contribution in [3.63, 3.8) is 0 Å². The first-order valence-corrected chi connectivity index (χ1v) is 42.4. The summed E-state index contributed by atoms with van der Waals surface area (Å²) in [6.45, 7) is 7.10. The number of primary amides is 2. The predicted octanol–water partition coefficient (Wildman–Crippen LogP) is 2.31. The topological polar surface area (TPSA) is 787 Å². The maximum Gasteiger partial charge on any atom is 0.526 e. The Morgan fingerprint density at radius 2 is 0.697 bits per heavy atom. The van der Waals surface area contributed by atoms with Crippen LogP contribution < -0.4 is 58.3 Å². The van der Waals surface area contributed by atoms with Gasteiger partial charge in [-0.2, -0.15) is 0 Å². The zero-order valence-corrected chi connectivity index (χ0v) is 73.4. The van der Waals surface area contributed by atoms with Gasteiger partial charge in [-0.25, -0.2) is 48.7 Å². The third-order valence-electron chi connectivity index (χ3n) is 19.7. The van der Waals surface area contributed by atoms with E-state index in [1.54, 1.807) is 42.5 Å². The Bertz CT molecular complexity index is 5720. The molecule has 0 aliphatic carbocycles. The van der Waals surface area contributed by atoms with Crippen LogP contribution in [-0.4, -0.2) is 240 Å². The highest BCUT2D eigenvalue weighted by Crippen LogP contribution is 2.42. The molecule has 0 fully saturated rings. The number of para-hydroxylation sites is 4. The molecular weight excluding hydrogens is 1820 g/mol. The number of anilines is 4. The Morgan fingerprint density at radius 3 is 0.924 bits per heavy atom. The summed E-state index contributed by atoms with van der Waals surface area (Å²) in [6, 6.07) is 16.7. The molecule has 0 saturated heterocycles. The van der Waals surface area contributed by atoms with Crippen molar-refractivity contribution in [2.75, 3.05) is 29.5 Å². The number of aliphatic hydroxyl groups is 1. The van der Waals surface area contributed by atoms with E-state index in [4.69, 9.17) is 87.7 Å². The van der Waals surface area contributed by atoms with Crippen LogP contribution in [0.2, 0.25) is 23.3 Å². The summed E-state index contributed by atoms with van der Waals surface area (Å²) >= 11 is 4.26. The van der Waals surface area contributed by atoms with Gasteiger partial charge in [-0.05, 0) is 114 Å². The van der Waals surface area contributed by atoms with E-state index < -0.39 is 164 Å². The van der Waals surface area contributed by atoms with E-state index in [0.29, 0.717) is 22.3 Å². The molecular formula is C77H83B4N15O32S4. The molecule has 8 aromatic rings. The first-order valence-electron chi connectivity index (χ1n) is 38.9. The van der Waals surface area contributed by atoms with E-state index in [0.717, 1.165) is 45.3 Å².